The second-order valence-corrected chi connectivity index (χ2v) is 3.43. The number of hydrogen-bond acceptors (Lipinski definition) is 1. The van der Waals surface area contributed by atoms with Crippen LogP contribution in [-0.4, -0.2) is 11.4 Å². The second-order valence-electron chi connectivity index (χ2n) is 3.43. The molecule has 0 radical (unpaired) electrons. The first-order valence-electron chi connectivity index (χ1n) is 4.51. The van der Waals surface area contributed by atoms with Gasteiger partial charge in [-0.1, -0.05) is 6.92 Å². The molecule has 0 atom stereocenters. The zero-order chi connectivity index (χ0) is 10.3. The fraction of sp³-hybridized carbons (Fsp3) is 0.400. The zero-order valence-corrected chi connectivity index (χ0v) is 7.78. The van der Waals surface area contributed by atoms with Crippen LogP contribution in [-0.2, 0) is 13.1 Å². The molecule has 0 amide bonds. The quantitative estimate of drug-likeness (QED) is 0.631. The average molecular weight is 201 g/mol. The minimum atomic E-state index is -1.36. The van der Waals surface area contributed by atoms with Crippen molar-refractivity contribution in [3.63, 3.8) is 0 Å². The molecule has 0 spiro atoms. The largest absolute Gasteiger partial charge is 0.295 e. The molecule has 1 aliphatic rings. The molecule has 76 valence electrons. The van der Waals surface area contributed by atoms with Crippen LogP contribution in [0.4, 0.5) is 13.2 Å². The average Bonchev–Trinajstić information content (AvgIpc) is 2.57. The first kappa shape index (κ1) is 9.52. The van der Waals surface area contributed by atoms with Crippen LogP contribution in [0.5, 0.6) is 0 Å². The predicted molar refractivity (Wildman–Crippen MR) is 46.1 cm³/mol. The van der Waals surface area contributed by atoms with Crippen LogP contribution in [0.1, 0.15) is 18.1 Å². The van der Waals surface area contributed by atoms with Crippen LogP contribution < -0.4 is 0 Å². The fourth-order valence-electron chi connectivity index (χ4n) is 1.74. The van der Waals surface area contributed by atoms with Crippen molar-refractivity contribution in [2.75, 3.05) is 6.54 Å². The Morgan fingerprint density at radius 1 is 1.21 bits per heavy atom. The van der Waals surface area contributed by atoms with Gasteiger partial charge in [0, 0.05) is 18.7 Å². The third-order valence-corrected chi connectivity index (χ3v) is 2.58. The lowest BCUT2D eigenvalue weighted by Gasteiger charge is -2.09. The molecule has 0 saturated heterocycles. The van der Waals surface area contributed by atoms with E-state index in [9.17, 15) is 13.2 Å². The number of nitrogens with zero attached hydrogens (tertiary/aromatic N) is 1. The molecule has 0 unspecified atom stereocenters. The molecule has 14 heavy (non-hydrogen) atoms. The number of fused-ring (bicyclic) bond motifs is 1. The van der Waals surface area contributed by atoms with Gasteiger partial charge < -0.3 is 0 Å². The topological polar surface area (TPSA) is 3.24 Å². The summed E-state index contributed by atoms with van der Waals surface area (Å²) in [5, 5.41) is 0. The summed E-state index contributed by atoms with van der Waals surface area (Å²) in [6.07, 6.45) is 0. The highest BCUT2D eigenvalue weighted by molar-refractivity contribution is 5.33. The molecular formula is C10H10F3N. The molecule has 1 aromatic carbocycles. The van der Waals surface area contributed by atoms with Crippen LogP contribution in [0.2, 0.25) is 0 Å². The Hall–Kier alpha value is -1.03. The van der Waals surface area contributed by atoms with Gasteiger partial charge in [-0.05, 0) is 18.2 Å². The highest BCUT2D eigenvalue weighted by atomic mass is 19.2. The van der Waals surface area contributed by atoms with Crippen LogP contribution in [0, 0.1) is 17.5 Å². The van der Waals surface area contributed by atoms with Gasteiger partial charge in [-0.25, -0.2) is 13.2 Å². The maximum atomic E-state index is 13.2. The van der Waals surface area contributed by atoms with E-state index in [1.54, 1.807) is 0 Å². The molecule has 1 heterocycles. The first-order chi connectivity index (χ1) is 6.63. The highest BCUT2D eigenvalue weighted by Crippen LogP contribution is 2.27. The molecule has 0 N–H and O–H groups in total. The molecular weight excluding hydrogens is 191 g/mol. The van der Waals surface area contributed by atoms with Crippen LogP contribution >= 0.6 is 0 Å². The monoisotopic (exact) mass is 201 g/mol. The van der Waals surface area contributed by atoms with Crippen molar-refractivity contribution in [2.24, 2.45) is 0 Å². The number of hydrogen-bond donors (Lipinski definition) is 0. The van der Waals surface area contributed by atoms with Crippen LogP contribution in [0.25, 0.3) is 0 Å². The lowest BCUT2D eigenvalue weighted by Crippen LogP contribution is -2.14. The maximum Gasteiger partial charge on any atom is 0.194 e. The number of rotatable bonds is 1. The van der Waals surface area contributed by atoms with Crippen LogP contribution in [0.15, 0.2) is 6.07 Å². The van der Waals surface area contributed by atoms with Crippen molar-refractivity contribution in [3.05, 3.63) is 34.6 Å². The normalized spacial score (nSPS) is 16.0. The van der Waals surface area contributed by atoms with E-state index in [4.69, 9.17) is 0 Å². The summed E-state index contributed by atoms with van der Waals surface area (Å²) in [5.41, 5.74) is 0.856. The maximum absolute atomic E-state index is 13.2. The Morgan fingerprint density at radius 2 is 1.93 bits per heavy atom. The molecule has 0 fully saturated rings. The summed E-state index contributed by atoms with van der Waals surface area (Å²) in [6.45, 7) is 3.54. The smallest absolute Gasteiger partial charge is 0.194 e. The number of halogens is 3. The van der Waals surface area contributed by atoms with Crippen molar-refractivity contribution >= 4 is 0 Å². The highest BCUT2D eigenvalue weighted by Gasteiger charge is 2.25. The third-order valence-electron chi connectivity index (χ3n) is 2.58. The molecule has 2 rings (SSSR count). The van der Waals surface area contributed by atoms with E-state index in [1.165, 1.54) is 0 Å². The molecule has 0 aliphatic carbocycles. The van der Waals surface area contributed by atoms with Crippen molar-refractivity contribution < 1.29 is 13.2 Å². The Morgan fingerprint density at radius 3 is 2.57 bits per heavy atom. The zero-order valence-electron chi connectivity index (χ0n) is 7.78. The first-order valence-corrected chi connectivity index (χ1v) is 4.51. The SMILES string of the molecule is CCN1Cc2cc(F)c(F)c(F)c2C1. The van der Waals surface area contributed by atoms with E-state index in [-0.39, 0.29) is 0 Å². The Kier molecular flexibility index (Phi) is 2.23. The van der Waals surface area contributed by atoms with E-state index < -0.39 is 17.5 Å². The van der Waals surface area contributed by atoms with Gasteiger partial charge in [0.25, 0.3) is 0 Å². The molecule has 0 saturated carbocycles. The third kappa shape index (κ3) is 1.30. The van der Waals surface area contributed by atoms with Crippen LogP contribution in [0.3, 0.4) is 0 Å². The Balaban J connectivity index is 2.48. The van der Waals surface area contributed by atoms with Gasteiger partial charge in [-0.2, -0.15) is 0 Å². The minimum absolute atomic E-state index is 0.297. The lowest BCUT2D eigenvalue weighted by atomic mass is 10.1. The van der Waals surface area contributed by atoms with E-state index in [2.05, 4.69) is 0 Å². The van der Waals surface area contributed by atoms with Gasteiger partial charge in [0.15, 0.2) is 17.5 Å². The van der Waals surface area contributed by atoms with Gasteiger partial charge in [0.2, 0.25) is 0 Å². The van der Waals surface area contributed by atoms with E-state index in [0.29, 0.717) is 24.2 Å². The fourth-order valence-corrected chi connectivity index (χ4v) is 1.74. The van der Waals surface area contributed by atoms with Crippen molar-refractivity contribution in [1.29, 1.82) is 0 Å². The Labute approximate surface area is 80.1 Å². The van der Waals surface area contributed by atoms with Gasteiger partial charge in [0.05, 0.1) is 0 Å². The molecule has 4 heteroatoms. The Bertz CT molecular complexity index is 376. The summed E-state index contributed by atoms with van der Waals surface area (Å²) in [5.74, 6) is -3.49. The second kappa shape index (κ2) is 3.28. The summed E-state index contributed by atoms with van der Waals surface area (Å²) in [7, 11) is 0. The standard InChI is InChI=1S/C10H10F3N/c1-2-14-4-6-3-8(11)10(13)9(12)7(6)5-14/h3H,2,4-5H2,1H3. The molecule has 1 nitrogen and oxygen atoms in total. The van der Waals surface area contributed by atoms with E-state index in [0.717, 1.165) is 12.6 Å². The van der Waals surface area contributed by atoms with E-state index in [1.807, 2.05) is 11.8 Å². The van der Waals surface area contributed by atoms with Gasteiger partial charge in [0.1, 0.15) is 0 Å². The van der Waals surface area contributed by atoms with Crippen molar-refractivity contribution in [1.82, 2.24) is 4.90 Å². The van der Waals surface area contributed by atoms with Gasteiger partial charge in [-0.3, -0.25) is 4.90 Å². The molecule has 0 aromatic heterocycles. The molecule has 1 aromatic rings. The summed E-state index contributed by atoms with van der Waals surface area (Å²) >= 11 is 0. The minimum Gasteiger partial charge on any atom is -0.295 e. The summed E-state index contributed by atoms with van der Waals surface area (Å²) in [4.78, 5) is 1.92. The summed E-state index contributed by atoms with van der Waals surface area (Å²) < 4.78 is 38.9. The predicted octanol–water partition coefficient (Wildman–Crippen LogP) is 2.44. The van der Waals surface area contributed by atoms with Gasteiger partial charge in [-0.15, -0.1) is 0 Å². The number of benzene rings is 1. The van der Waals surface area contributed by atoms with E-state index >= 15 is 0 Å². The lowest BCUT2D eigenvalue weighted by molar-refractivity contribution is 0.298. The summed E-state index contributed by atoms with van der Waals surface area (Å²) in [6, 6.07) is 1.09. The molecule has 0 bridgehead atoms. The van der Waals surface area contributed by atoms with Crippen molar-refractivity contribution in [3.8, 4) is 0 Å². The van der Waals surface area contributed by atoms with Gasteiger partial charge >= 0.3 is 0 Å². The van der Waals surface area contributed by atoms with Crippen molar-refractivity contribution in [2.45, 2.75) is 20.0 Å². The molecule has 1 aliphatic heterocycles.